The third-order valence-electron chi connectivity index (χ3n) is 6.69. The zero-order chi connectivity index (χ0) is 35.4. The maximum absolute atomic E-state index is 13.5. The molecule has 12 nitrogen and oxygen atoms in total. The zero-order valence-corrected chi connectivity index (χ0v) is 30.7. The maximum Gasteiger partial charge on any atom is 0.330 e. The van der Waals surface area contributed by atoms with E-state index in [9.17, 15) is 14.4 Å². The van der Waals surface area contributed by atoms with Gasteiger partial charge in [-0.05, 0) is 37.6 Å². The van der Waals surface area contributed by atoms with Crippen molar-refractivity contribution < 1.29 is 52.2 Å². The Labute approximate surface area is 303 Å². The number of halogens is 1. The Morgan fingerprint density at radius 1 is 0.796 bits per heavy atom. The summed E-state index contributed by atoms with van der Waals surface area (Å²) in [6.07, 6.45) is 0.376. The van der Waals surface area contributed by atoms with Crippen LogP contribution in [0.2, 0.25) is 0 Å². The molecule has 1 aromatic heterocycles. The Bertz CT molecular complexity index is 1560. The number of esters is 2. The molecule has 2 aromatic carbocycles. The molecule has 14 heteroatoms. The molecular formula is C35H43IO12S. The second-order valence-corrected chi connectivity index (χ2v) is 12.1. The molecule has 0 N–H and O–H groups in total. The molecule has 0 saturated heterocycles. The number of benzene rings is 2. The monoisotopic (exact) mass is 814 g/mol. The molecule has 0 aliphatic rings. The van der Waals surface area contributed by atoms with Crippen molar-refractivity contribution in [2.45, 2.75) is 37.0 Å². The van der Waals surface area contributed by atoms with Crippen molar-refractivity contribution in [2.24, 2.45) is 0 Å². The lowest BCUT2D eigenvalue weighted by molar-refractivity contribution is -0.208. The van der Waals surface area contributed by atoms with E-state index in [2.05, 4.69) is 35.7 Å². The molecule has 0 fully saturated rings. The standard InChI is InChI=1S/C35H43IO12S/c1-5-31(37)44-19-15-40-13-17-42-24(3)46-22-27(48-25(4)43-18-14-41-16-20-45-32(38)6-2)23-47-29-12-11-26(21-36)33-34(39)28-9-7-8-10-30(28)49-35(29)33/h5-12,24-25,27H,1-2,13-23H2,3-4H3. The van der Waals surface area contributed by atoms with Crippen molar-refractivity contribution in [1.29, 1.82) is 0 Å². The van der Waals surface area contributed by atoms with Crippen LogP contribution in [0.4, 0.5) is 0 Å². The summed E-state index contributed by atoms with van der Waals surface area (Å²) >= 11 is 3.78. The lowest BCUT2D eigenvalue weighted by atomic mass is 10.1. The molecule has 0 aliphatic carbocycles. The van der Waals surface area contributed by atoms with Crippen LogP contribution in [0.15, 0.2) is 66.5 Å². The van der Waals surface area contributed by atoms with Crippen LogP contribution < -0.4 is 10.2 Å². The molecule has 49 heavy (non-hydrogen) atoms. The Hall–Kier alpha value is -2.96. The molecule has 1 heterocycles. The van der Waals surface area contributed by atoms with Crippen molar-refractivity contribution in [3.8, 4) is 5.75 Å². The fraction of sp³-hybridized carbons (Fsp3) is 0.457. The first-order valence-electron chi connectivity index (χ1n) is 15.7. The fourth-order valence-electron chi connectivity index (χ4n) is 4.35. The SMILES string of the molecule is C=CC(=O)OCCOCCOC(C)OCC(COc1ccc(CI)c2c(=O)c3ccccc3sc12)OC(C)OCCOCCOC(=O)C=C. The van der Waals surface area contributed by atoms with E-state index in [1.807, 2.05) is 36.4 Å². The molecular weight excluding hydrogens is 771 g/mol. The minimum absolute atomic E-state index is 0.0200. The first kappa shape index (κ1) is 40.5. The minimum atomic E-state index is -0.641. The van der Waals surface area contributed by atoms with Gasteiger partial charge in [0.05, 0.1) is 50.9 Å². The number of hydrogen-bond acceptors (Lipinski definition) is 13. The minimum Gasteiger partial charge on any atom is -0.489 e. The number of carbonyl (C=O) groups is 2. The van der Waals surface area contributed by atoms with Crippen LogP contribution in [0.1, 0.15) is 19.4 Å². The molecule has 3 aromatic rings. The van der Waals surface area contributed by atoms with Crippen LogP contribution in [0.25, 0.3) is 20.2 Å². The van der Waals surface area contributed by atoms with Crippen LogP contribution >= 0.6 is 33.9 Å². The predicted octanol–water partition coefficient (Wildman–Crippen LogP) is 5.35. The van der Waals surface area contributed by atoms with E-state index < -0.39 is 30.6 Å². The van der Waals surface area contributed by atoms with E-state index in [4.69, 9.17) is 42.6 Å². The molecule has 268 valence electrons. The quantitative estimate of drug-likeness (QED) is 0.0208. The van der Waals surface area contributed by atoms with Crippen LogP contribution in [0.3, 0.4) is 0 Å². The van der Waals surface area contributed by atoms with Gasteiger partial charge in [0.1, 0.15) is 31.7 Å². The number of fused-ring (bicyclic) bond motifs is 2. The molecule has 3 unspecified atom stereocenters. The van der Waals surface area contributed by atoms with Crippen molar-refractivity contribution in [2.75, 3.05) is 66.1 Å². The summed E-state index contributed by atoms with van der Waals surface area (Å²) in [6.45, 7) is 12.1. The Kier molecular flexibility index (Phi) is 18.7. The Balaban J connectivity index is 1.59. The van der Waals surface area contributed by atoms with Gasteiger partial charge < -0.3 is 42.6 Å². The average molecular weight is 815 g/mol. The van der Waals surface area contributed by atoms with Gasteiger partial charge in [0, 0.05) is 32.1 Å². The van der Waals surface area contributed by atoms with Crippen LogP contribution in [-0.2, 0) is 51.9 Å². The zero-order valence-electron chi connectivity index (χ0n) is 27.7. The highest BCUT2D eigenvalue weighted by molar-refractivity contribution is 14.1. The Morgan fingerprint density at radius 3 is 2.04 bits per heavy atom. The van der Waals surface area contributed by atoms with Crippen molar-refractivity contribution in [3.63, 3.8) is 0 Å². The summed E-state index contributed by atoms with van der Waals surface area (Å²) in [6, 6.07) is 11.4. The van der Waals surface area contributed by atoms with Gasteiger partial charge in [-0.3, -0.25) is 4.79 Å². The highest BCUT2D eigenvalue weighted by Gasteiger charge is 2.20. The largest absolute Gasteiger partial charge is 0.489 e. The maximum atomic E-state index is 13.5. The molecule has 0 amide bonds. The van der Waals surface area contributed by atoms with E-state index >= 15 is 0 Å². The van der Waals surface area contributed by atoms with Gasteiger partial charge >= 0.3 is 11.9 Å². The number of hydrogen-bond donors (Lipinski definition) is 0. The highest BCUT2D eigenvalue weighted by Crippen LogP contribution is 2.35. The molecule has 0 saturated carbocycles. The van der Waals surface area contributed by atoms with Gasteiger partial charge in [0.2, 0.25) is 0 Å². The van der Waals surface area contributed by atoms with Crippen molar-refractivity contribution in [1.82, 2.24) is 0 Å². The third-order valence-corrected chi connectivity index (χ3v) is 8.69. The van der Waals surface area contributed by atoms with Crippen LogP contribution in [0.5, 0.6) is 5.75 Å². The topological polar surface area (TPSA) is 134 Å². The van der Waals surface area contributed by atoms with Gasteiger partial charge in [-0.1, -0.05) is 53.9 Å². The van der Waals surface area contributed by atoms with Gasteiger partial charge in [-0.15, -0.1) is 11.3 Å². The first-order chi connectivity index (χ1) is 23.8. The molecule has 3 atom stereocenters. The van der Waals surface area contributed by atoms with Crippen LogP contribution in [-0.4, -0.2) is 96.7 Å². The average Bonchev–Trinajstić information content (AvgIpc) is 3.11. The van der Waals surface area contributed by atoms with E-state index in [0.29, 0.717) is 20.9 Å². The second kappa shape index (κ2) is 22.7. The van der Waals surface area contributed by atoms with Gasteiger partial charge in [-0.25, -0.2) is 9.59 Å². The summed E-state index contributed by atoms with van der Waals surface area (Å²) < 4.78 is 52.8. The third kappa shape index (κ3) is 14.1. The number of ether oxygens (including phenoxy) is 9. The smallest absolute Gasteiger partial charge is 0.330 e. The number of alkyl halides is 1. The summed E-state index contributed by atoms with van der Waals surface area (Å²) in [5.74, 6) is -0.440. The predicted molar refractivity (Wildman–Crippen MR) is 194 cm³/mol. The normalized spacial score (nSPS) is 13.1. The summed E-state index contributed by atoms with van der Waals surface area (Å²) in [4.78, 5) is 35.7. The molecule has 0 bridgehead atoms. The molecule has 0 radical (unpaired) electrons. The van der Waals surface area contributed by atoms with E-state index in [-0.39, 0.29) is 71.5 Å². The summed E-state index contributed by atoms with van der Waals surface area (Å²) in [5, 5.41) is 1.34. The Morgan fingerprint density at radius 2 is 1.41 bits per heavy atom. The molecule has 3 rings (SSSR count). The van der Waals surface area contributed by atoms with Crippen molar-refractivity contribution in [3.05, 3.63) is 77.5 Å². The number of rotatable bonds is 25. The first-order valence-corrected chi connectivity index (χ1v) is 18.0. The van der Waals surface area contributed by atoms with Gasteiger partial charge in [-0.2, -0.15) is 0 Å². The highest BCUT2D eigenvalue weighted by atomic mass is 127. The summed E-state index contributed by atoms with van der Waals surface area (Å²) in [7, 11) is 0. The van der Waals surface area contributed by atoms with Gasteiger partial charge in [0.15, 0.2) is 18.0 Å². The van der Waals surface area contributed by atoms with E-state index in [1.54, 1.807) is 13.8 Å². The molecule has 0 spiro atoms. The van der Waals surface area contributed by atoms with E-state index in [1.165, 1.54) is 11.3 Å². The fourth-order valence-corrected chi connectivity index (χ4v) is 6.17. The number of carbonyl (C=O) groups excluding carboxylic acids is 2. The second-order valence-electron chi connectivity index (χ2n) is 10.2. The van der Waals surface area contributed by atoms with Gasteiger partial charge in [0.25, 0.3) is 0 Å². The lowest BCUT2D eigenvalue weighted by Gasteiger charge is -2.25. The lowest BCUT2D eigenvalue weighted by Crippen LogP contribution is -2.34. The summed E-state index contributed by atoms with van der Waals surface area (Å²) in [5.41, 5.74) is 0.926. The van der Waals surface area contributed by atoms with Crippen LogP contribution in [0, 0.1) is 0 Å². The van der Waals surface area contributed by atoms with E-state index in [0.717, 1.165) is 27.1 Å². The molecule has 0 aliphatic heterocycles. The van der Waals surface area contributed by atoms with Crippen molar-refractivity contribution >= 4 is 66.0 Å².